The summed E-state index contributed by atoms with van der Waals surface area (Å²) < 4.78 is 13.1. The van der Waals surface area contributed by atoms with Gasteiger partial charge in [-0.1, -0.05) is 43.3 Å². The number of nitriles is 1. The molecule has 3 aromatic rings. The Morgan fingerprint density at radius 1 is 1.23 bits per heavy atom. The molecule has 184 valence electrons. The molecular weight excluding hydrogens is 553 g/mol. The van der Waals surface area contributed by atoms with Crippen LogP contribution in [-0.2, 0) is 27.3 Å². The molecule has 2 aromatic carbocycles. The number of ether oxygens (including phenoxy) is 2. The van der Waals surface area contributed by atoms with Crippen LogP contribution < -0.4 is 0 Å². The number of halogens is 1. The van der Waals surface area contributed by atoms with Gasteiger partial charge in [-0.25, -0.2) is 0 Å². The van der Waals surface area contributed by atoms with Gasteiger partial charge in [0, 0.05) is 38.7 Å². The third kappa shape index (κ3) is 5.49. The fourth-order valence-corrected chi connectivity index (χ4v) is 5.85. The van der Waals surface area contributed by atoms with E-state index in [0.29, 0.717) is 19.7 Å². The minimum Gasteiger partial charge on any atom is -0.469 e. The molecule has 6 nitrogen and oxygen atoms in total. The minimum atomic E-state index is -0.471. The molecule has 0 spiro atoms. The fraction of sp³-hybridized carbons (Fsp3) is 0.429. The number of methoxy groups -OCH3 is 1. The second kappa shape index (κ2) is 11.4. The number of aromatic nitrogens is 1. The first-order valence-corrected chi connectivity index (χ1v) is 13.2. The van der Waals surface area contributed by atoms with Gasteiger partial charge in [0.25, 0.3) is 0 Å². The summed E-state index contributed by atoms with van der Waals surface area (Å²) in [7, 11) is 1.44. The van der Waals surface area contributed by atoms with E-state index in [0.717, 1.165) is 57.0 Å². The van der Waals surface area contributed by atoms with Gasteiger partial charge in [0.05, 0.1) is 20.1 Å². The molecule has 0 bridgehead atoms. The summed E-state index contributed by atoms with van der Waals surface area (Å²) in [4.78, 5) is 18.2. The van der Waals surface area contributed by atoms with Crippen LogP contribution in [0.3, 0.4) is 0 Å². The molecule has 2 heterocycles. The number of benzene rings is 2. The molecule has 35 heavy (non-hydrogen) atoms. The van der Waals surface area contributed by atoms with E-state index in [1.54, 1.807) is 0 Å². The molecule has 1 aromatic heterocycles. The van der Waals surface area contributed by atoms with Crippen molar-refractivity contribution in [1.29, 1.82) is 5.26 Å². The minimum absolute atomic E-state index is 0.235. The number of para-hydroxylation sites is 1. The van der Waals surface area contributed by atoms with Crippen LogP contribution in [-0.4, -0.2) is 36.1 Å². The quantitative estimate of drug-likeness (QED) is 0.215. The predicted molar refractivity (Wildman–Crippen MR) is 144 cm³/mol. The van der Waals surface area contributed by atoms with Gasteiger partial charge in [0.2, 0.25) is 0 Å². The highest BCUT2D eigenvalue weighted by molar-refractivity contribution is 14.1. The molecule has 0 unspecified atom stereocenters. The molecule has 1 aliphatic rings. The Morgan fingerprint density at radius 3 is 2.74 bits per heavy atom. The number of nitrogens with zero attached hydrogens (tertiary/aromatic N) is 2. The number of fused-ring (bicyclic) bond motifs is 3. The molecular formula is C28H32IN3O3. The van der Waals surface area contributed by atoms with Crippen LogP contribution in [0.25, 0.3) is 10.9 Å². The van der Waals surface area contributed by atoms with Gasteiger partial charge in [0.15, 0.2) is 6.19 Å². The van der Waals surface area contributed by atoms with Crippen molar-refractivity contribution in [1.82, 2.24) is 9.88 Å². The van der Waals surface area contributed by atoms with Gasteiger partial charge in [-0.15, -0.1) is 0 Å². The average molecular weight is 585 g/mol. The molecule has 4 rings (SSSR count). The molecule has 0 fully saturated rings. The third-order valence-corrected chi connectivity index (χ3v) is 8.38. The monoisotopic (exact) mass is 585 g/mol. The lowest BCUT2D eigenvalue weighted by Gasteiger charge is -2.40. The van der Waals surface area contributed by atoms with Crippen molar-refractivity contribution < 1.29 is 14.3 Å². The summed E-state index contributed by atoms with van der Waals surface area (Å²) in [5, 5.41) is 10.9. The summed E-state index contributed by atoms with van der Waals surface area (Å²) in [6.07, 6.45) is 5.33. The first-order valence-electron chi connectivity index (χ1n) is 12.2. The van der Waals surface area contributed by atoms with Crippen molar-refractivity contribution in [2.75, 3.05) is 20.2 Å². The Labute approximate surface area is 220 Å². The van der Waals surface area contributed by atoms with E-state index in [9.17, 15) is 10.1 Å². The van der Waals surface area contributed by atoms with E-state index in [1.807, 2.05) is 29.2 Å². The molecule has 1 aliphatic heterocycles. The normalized spacial score (nSPS) is 20.7. The number of H-pyrrole nitrogens is 1. The van der Waals surface area contributed by atoms with E-state index in [1.165, 1.54) is 7.11 Å². The van der Waals surface area contributed by atoms with Crippen molar-refractivity contribution in [2.45, 2.75) is 51.7 Å². The SMILES string of the molecule is CC[C@@]1(CC(=O)OC)CCCN(C#N)CCc2c([nH]c3ccccc23)[C@@H]1OCc1ccccc1I. The van der Waals surface area contributed by atoms with Crippen LogP contribution in [0.15, 0.2) is 48.5 Å². The number of carbonyl (C=O) groups is 1. The Balaban J connectivity index is 1.86. The highest BCUT2D eigenvalue weighted by Crippen LogP contribution is 2.49. The molecule has 0 aliphatic carbocycles. The number of esters is 1. The molecule has 0 amide bonds. The van der Waals surface area contributed by atoms with Crippen LogP contribution in [0.5, 0.6) is 0 Å². The van der Waals surface area contributed by atoms with Crippen molar-refractivity contribution in [3.63, 3.8) is 0 Å². The maximum Gasteiger partial charge on any atom is 0.306 e. The fourth-order valence-electron chi connectivity index (χ4n) is 5.31. The van der Waals surface area contributed by atoms with Gasteiger partial charge < -0.3 is 19.4 Å². The van der Waals surface area contributed by atoms with Gasteiger partial charge in [-0.05, 0) is 71.5 Å². The molecule has 1 N–H and O–H groups in total. The zero-order chi connectivity index (χ0) is 24.8. The van der Waals surface area contributed by atoms with Crippen LogP contribution >= 0.6 is 22.6 Å². The Bertz CT molecular complexity index is 1220. The van der Waals surface area contributed by atoms with Crippen LogP contribution in [0.2, 0.25) is 0 Å². The first kappa shape index (κ1) is 25.5. The van der Waals surface area contributed by atoms with Crippen LogP contribution in [0.1, 0.15) is 55.5 Å². The maximum atomic E-state index is 12.7. The van der Waals surface area contributed by atoms with Gasteiger partial charge in [-0.3, -0.25) is 4.79 Å². The number of hydrogen-bond donors (Lipinski definition) is 1. The summed E-state index contributed by atoms with van der Waals surface area (Å²) in [6.45, 7) is 3.90. The predicted octanol–water partition coefficient (Wildman–Crippen LogP) is 6.11. The lowest BCUT2D eigenvalue weighted by Crippen LogP contribution is -2.36. The highest BCUT2D eigenvalue weighted by atomic mass is 127. The van der Waals surface area contributed by atoms with Crippen LogP contribution in [0.4, 0.5) is 0 Å². The zero-order valence-corrected chi connectivity index (χ0v) is 22.5. The molecule has 0 saturated heterocycles. The zero-order valence-electron chi connectivity index (χ0n) is 20.4. The summed E-state index contributed by atoms with van der Waals surface area (Å²) >= 11 is 2.34. The number of carbonyl (C=O) groups excluding carboxylic acids is 1. The largest absolute Gasteiger partial charge is 0.469 e. The average Bonchev–Trinajstić information content (AvgIpc) is 3.24. The maximum absolute atomic E-state index is 12.7. The van der Waals surface area contributed by atoms with Crippen LogP contribution in [0, 0.1) is 20.4 Å². The summed E-state index contributed by atoms with van der Waals surface area (Å²) in [5.41, 5.74) is 3.88. The van der Waals surface area contributed by atoms with E-state index in [2.05, 4.69) is 65.0 Å². The van der Waals surface area contributed by atoms with Gasteiger partial charge in [-0.2, -0.15) is 5.26 Å². The number of rotatable bonds is 6. The highest BCUT2D eigenvalue weighted by Gasteiger charge is 2.43. The smallest absolute Gasteiger partial charge is 0.306 e. The standard InChI is InChI=1S/C28H32IN3O3/c1-3-28(17-25(33)34-2)14-8-15-32(19-30)16-13-22-21-10-5-7-12-24(21)31-26(22)27(28)35-18-20-9-4-6-11-23(20)29/h4-7,9-12,27,31H,3,8,13-18H2,1-2H3/t27-,28-/m0/s1. The van der Waals surface area contributed by atoms with E-state index >= 15 is 0 Å². The second-order valence-corrected chi connectivity index (χ2v) is 10.4. The Morgan fingerprint density at radius 2 is 2.00 bits per heavy atom. The Hall–Kier alpha value is -2.57. The summed E-state index contributed by atoms with van der Waals surface area (Å²) in [6, 6.07) is 16.5. The third-order valence-electron chi connectivity index (χ3n) is 7.33. The van der Waals surface area contributed by atoms with Gasteiger partial charge in [0.1, 0.15) is 6.10 Å². The Kier molecular flexibility index (Phi) is 8.34. The lowest BCUT2D eigenvalue weighted by atomic mass is 9.70. The molecule has 0 radical (unpaired) electrons. The first-order chi connectivity index (χ1) is 17.0. The summed E-state index contributed by atoms with van der Waals surface area (Å²) in [5.74, 6) is -0.235. The van der Waals surface area contributed by atoms with Crippen molar-refractivity contribution in [2.24, 2.45) is 5.41 Å². The van der Waals surface area contributed by atoms with Crippen molar-refractivity contribution in [3.8, 4) is 6.19 Å². The van der Waals surface area contributed by atoms with Crippen molar-refractivity contribution >= 4 is 39.5 Å². The topological polar surface area (TPSA) is 78.4 Å². The van der Waals surface area contributed by atoms with E-state index in [-0.39, 0.29) is 18.5 Å². The second-order valence-electron chi connectivity index (χ2n) is 9.25. The van der Waals surface area contributed by atoms with Gasteiger partial charge >= 0.3 is 5.97 Å². The number of aromatic amines is 1. The molecule has 0 saturated carbocycles. The molecule has 2 atom stereocenters. The number of hydrogen-bond acceptors (Lipinski definition) is 5. The molecule has 7 heteroatoms. The lowest BCUT2D eigenvalue weighted by molar-refractivity contribution is -0.149. The van der Waals surface area contributed by atoms with E-state index in [4.69, 9.17) is 9.47 Å². The van der Waals surface area contributed by atoms with E-state index < -0.39 is 5.41 Å². The van der Waals surface area contributed by atoms with Crippen molar-refractivity contribution in [3.05, 3.63) is 68.9 Å². The number of nitrogens with one attached hydrogen (secondary N) is 1.